The molecule has 0 spiro atoms. The smallest absolute Gasteiger partial charge is 0.305 e. The van der Waals surface area contributed by atoms with Crippen molar-refractivity contribution in [2.24, 2.45) is 0 Å². The van der Waals surface area contributed by atoms with Crippen LogP contribution in [0.5, 0.6) is 0 Å². The highest BCUT2D eigenvalue weighted by Gasteiger charge is 2.44. The van der Waals surface area contributed by atoms with Gasteiger partial charge in [-0.25, -0.2) is 4.21 Å². The topological polar surface area (TPSA) is 175 Å². The number of hydrogen-bond acceptors (Lipinski definition) is 11. The number of aliphatic hydroxyl groups excluding tert-OH is 4. The second-order valence-electron chi connectivity index (χ2n) is 9.67. The Morgan fingerprint density at radius 2 is 1.41 bits per heavy atom. The molecule has 0 saturated carbocycles. The Labute approximate surface area is 223 Å². The summed E-state index contributed by atoms with van der Waals surface area (Å²) in [4.78, 5) is 11.9. The van der Waals surface area contributed by atoms with Crippen LogP contribution in [0.3, 0.4) is 0 Å². The summed E-state index contributed by atoms with van der Waals surface area (Å²) in [6.07, 6.45) is 7.14. The highest BCUT2D eigenvalue weighted by molar-refractivity contribution is 7.74. The Morgan fingerprint density at radius 3 is 1.95 bits per heavy atom. The maximum Gasteiger partial charge on any atom is 0.305 e. The van der Waals surface area contributed by atoms with Crippen molar-refractivity contribution in [1.29, 1.82) is 0 Å². The molecule has 11 nitrogen and oxygen atoms in total. The second kappa shape index (κ2) is 21.2. The van der Waals surface area contributed by atoms with E-state index in [9.17, 15) is 34.0 Å². The number of esters is 1. The zero-order chi connectivity index (χ0) is 27.5. The van der Waals surface area contributed by atoms with E-state index in [1.54, 1.807) is 0 Å². The molecule has 1 heterocycles. The number of hydrogen-bond donors (Lipinski definition) is 4. The molecule has 1 saturated heterocycles. The van der Waals surface area contributed by atoms with Gasteiger partial charge in [-0.3, -0.25) is 8.98 Å². The molecule has 7 atom stereocenters. The van der Waals surface area contributed by atoms with Crippen LogP contribution in [0.15, 0.2) is 0 Å². The maximum atomic E-state index is 11.9. The van der Waals surface area contributed by atoms with Crippen molar-refractivity contribution >= 4 is 17.3 Å². The van der Waals surface area contributed by atoms with Crippen molar-refractivity contribution < 1.29 is 52.4 Å². The first-order chi connectivity index (χ1) is 17.8. The number of carbonyl (C=O) groups is 1. The molecule has 220 valence electrons. The summed E-state index contributed by atoms with van der Waals surface area (Å²) in [5.41, 5.74) is 0. The van der Waals surface area contributed by atoms with Crippen LogP contribution in [0.1, 0.15) is 96.8 Å². The standard InChI is InChI=1S/C25H48O11S/c1-2-3-4-5-6-7-8-9-10-11-12-13-14-15-21(27)33-16-19(26)17-34-25-24(30)23(29)22(28)20(36-25)18-35-37(31)32/h19-20,22-26,28-30H,2-18H2,1H3,(H,31,32)/p-1/t19-,20-,22-,23+,24-,25+/m1/s1. The molecule has 0 aliphatic carbocycles. The van der Waals surface area contributed by atoms with E-state index < -0.39 is 67.4 Å². The van der Waals surface area contributed by atoms with Crippen molar-refractivity contribution in [3.05, 3.63) is 0 Å². The molecule has 1 aliphatic rings. The number of unbranched alkanes of at least 4 members (excludes halogenated alkanes) is 12. The van der Waals surface area contributed by atoms with Gasteiger partial charge in [0.1, 0.15) is 37.1 Å². The van der Waals surface area contributed by atoms with E-state index in [1.165, 1.54) is 64.2 Å². The summed E-state index contributed by atoms with van der Waals surface area (Å²) in [5.74, 6) is -0.419. The summed E-state index contributed by atoms with van der Waals surface area (Å²) >= 11 is -2.85. The van der Waals surface area contributed by atoms with Gasteiger partial charge in [-0.15, -0.1) is 0 Å². The third-order valence-corrected chi connectivity index (χ3v) is 6.70. The van der Waals surface area contributed by atoms with Gasteiger partial charge in [0.2, 0.25) is 0 Å². The Hall–Kier alpha value is -0.700. The Kier molecular flexibility index (Phi) is 19.6. The lowest BCUT2D eigenvalue weighted by Gasteiger charge is -2.40. The molecule has 0 radical (unpaired) electrons. The largest absolute Gasteiger partial charge is 0.750 e. The minimum Gasteiger partial charge on any atom is -0.750 e. The lowest BCUT2D eigenvalue weighted by atomic mass is 9.99. The summed E-state index contributed by atoms with van der Waals surface area (Å²) in [6.45, 7) is 0.930. The van der Waals surface area contributed by atoms with Crippen LogP contribution < -0.4 is 0 Å². The number of carbonyl (C=O) groups excluding carboxylic acids is 1. The van der Waals surface area contributed by atoms with E-state index in [4.69, 9.17) is 14.2 Å². The van der Waals surface area contributed by atoms with E-state index in [0.29, 0.717) is 0 Å². The van der Waals surface area contributed by atoms with E-state index >= 15 is 0 Å². The maximum absolute atomic E-state index is 11.9. The molecule has 12 heteroatoms. The molecule has 0 aromatic carbocycles. The van der Waals surface area contributed by atoms with Gasteiger partial charge in [0.25, 0.3) is 0 Å². The lowest BCUT2D eigenvalue weighted by Crippen LogP contribution is -2.59. The van der Waals surface area contributed by atoms with Crippen LogP contribution in [0.4, 0.5) is 0 Å². The quantitative estimate of drug-likeness (QED) is 0.0873. The molecular formula is C25H47O11S-. The van der Waals surface area contributed by atoms with Gasteiger partial charge in [-0.1, -0.05) is 84.0 Å². The van der Waals surface area contributed by atoms with Crippen LogP contribution in [0.2, 0.25) is 0 Å². The fraction of sp³-hybridized carbons (Fsp3) is 0.960. The lowest BCUT2D eigenvalue weighted by molar-refractivity contribution is -0.303. The summed E-state index contributed by atoms with van der Waals surface area (Å²) in [6, 6.07) is 0. The Balaban J connectivity index is 2.07. The fourth-order valence-corrected chi connectivity index (χ4v) is 4.36. The first-order valence-electron chi connectivity index (χ1n) is 13.6. The molecule has 0 amide bonds. The molecule has 1 unspecified atom stereocenters. The SMILES string of the molecule is CCCCCCCCCCCCCCCC(=O)OC[C@@H](O)CO[C@H]1O[C@H](COS(=O)[O-])[C@@H](O)[C@H](O)[C@H]1O. The van der Waals surface area contributed by atoms with Crippen LogP contribution in [0, 0.1) is 0 Å². The van der Waals surface area contributed by atoms with Crippen molar-refractivity contribution in [3.8, 4) is 0 Å². The summed E-state index contributed by atoms with van der Waals surface area (Å²) < 4.78 is 40.9. The van der Waals surface area contributed by atoms with Crippen molar-refractivity contribution in [2.45, 2.75) is 134 Å². The molecule has 37 heavy (non-hydrogen) atoms. The predicted molar refractivity (Wildman–Crippen MR) is 135 cm³/mol. The van der Waals surface area contributed by atoms with Crippen LogP contribution in [-0.2, 0) is 34.5 Å². The molecule has 1 aliphatic heterocycles. The van der Waals surface area contributed by atoms with Crippen LogP contribution in [0.25, 0.3) is 0 Å². The van der Waals surface area contributed by atoms with Gasteiger partial charge in [-0.2, -0.15) is 0 Å². The highest BCUT2D eigenvalue weighted by Crippen LogP contribution is 2.23. The molecule has 1 fully saturated rings. The predicted octanol–water partition coefficient (Wildman–Crippen LogP) is 2.01. The van der Waals surface area contributed by atoms with Crippen molar-refractivity contribution in [3.63, 3.8) is 0 Å². The van der Waals surface area contributed by atoms with E-state index in [-0.39, 0.29) is 13.0 Å². The third-order valence-electron chi connectivity index (χ3n) is 6.37. The molecular weight excluding hydrogens is 508 g/mol. The van der Waals surface area contributed by atoms with Gasteiger partial charge >= 0.3 is 5.97 Å². The fourth-order valence-electron chi connectivity index (χ4n) is 4.12. The van der Waals surface area contributed by atoms with Gasteiger partial charge in [0.15, 0.2) is 6.29 Å². The third kappa shape index (κ3) is 16.1. The molecule has 0 aromatic rings. The van der Waals surface area contributed by atoms with Gasteiger partial charge in [0.05, 0.1) is 24.6 Å². The zero-order valence-corrected chi connectivity index (χ0v) is 22.9. The minimum absolute atomic E-state index is 0.267. The second-order valence-corrected chi connectivity index (χ2v) is 10.3. The number of aliphatic hydroxyl groups is 4. The molecule has 4 N–H and O–H groups in total. The normalized spacial score (nSPS) is 25.6. The monoisotopic (exact) mass is 555 g/mol. The number of rotatable bonds is 22. The van der Waals surface area contributed by atoms with Gasteiger partial charge in [0, 0.05) is 6.42 Å². The first-order valence-corrected chi connectivity index (χ1v) is 14.6. The van der Waals surface area contributed by atoms with Crippen molar-refractivity contribution in [1.82, 2.24) is 0 Å². The molecule has 1 rings (SSSR count). The highest BCUT2D eigenvalue weighted by atomic mass is 32.2. The van der Waals surface area contributed by atoms with E-state index in [1.807, 2.05) is 0 Å². The number of ether oxygens (including phenoxy) is 3. The van der Waals surface area contributed by atoms with Gasteiger partial charge < -0.3 is 39.2 Å². The van der Waals surface area contributed by atoms with Gasteiger partial charge in [-0.05, 0) is 6.42 Å². The Bertz CT molecular complexity index is 609. The van der Waals surface area contributed by atoms with Crippen LogP contribution in [-0.4, -0.2) is 91.8 Å². The first kappa shape index (κ1) is 34.3. The summed E-state index contributed by atoms with van der Waals surface area (Å²) in [7, 11) is 0. The minimum atomic E-state index is -2.85. The van der Waals surface area contributed by atoms with Crippen molar-refractivity contribution in [2.75, 3.05) is 19.8 Å². The summed E-state index contributed by atoms with van der Waals surface area (Å²) in [5, 5.41) is 39.8. The molecule has 0 bridgehead atoms. The molecule has 0 aromatic heterocycles. The van der Waals surface area contributed by atoms with E-state index in [0.717, 1.165) is 19.3 Å². The van der Waals surface area contributed by atoms with Crippen LogP contribution >= 0.6 is 0 Å². The average molecular weight is 556 g/mol. The van der Waals surface area contributed by atoms with E-state index in [2.05, 4.69) is 11.1 Å². The zero-order valence-electron chi connectivity index (χ0n) is 22.0. The average Bonchev–Trinajstić information content (AvgIpc) is 2.87. The Morgan fingerprint density at radius 1 is 0.865 bits per heavy atom.